The Morgan fingerprint density at radius 1 is 1.16 bits per heavy atom. The molecule has 0 saturated heterocycles. The number of halogens is 2. The molecule has 4 rings (SSSR count). The third-order valence-corrected chi connectivity index (χ3v) is 6.18. The van der Waals surface area contributed by atoms with Crippen molar-refractivity contribution in [2.45, 2.75) is 18.4 Å². The Labute approximate surface area is 176 Å². The molecular formula is C20H17F2N5O3S. The van der Waals surface area contributed by atoms with Gasteiger partial charge in [-0.2, -0.15) is 4.39 Å². The average Bonchev–Trinajstić information content (AvgIpc) is 3.33. The van der Waals surface area contributed by atoms with E-state index in [0.717, 1.165) is 10.2 Å². The van der Waals surface area contributed by atoms with Crippen molar-refractivity contribution in [1.29, 1.82) is 0 Å². The van der Waals surface area contributed by atoms with Crippen molar-refractivity contribution in [2.75, 3.05) is 7.05 Å². The number of hydrogen-bond acceptors (Lipinski definition) is 7. The van der Waals surface area contributed by atoms with E-state index in [1.165, 1.54) is 36.5 Å². The smallest absolute Gasteiger partial charge is 0.268 e. The predicted molar refractivity (Wildman–Crippen MR) is 107 cm³/mol. The van der Waals surface area contributed by atoms with E-state index in [2.05, 4.69) is 20.5 Å². The highest BCUT2D eigenvalue weighted by Crippen LogP contribution is 2.32. The van der Waals surface area contributed by atoms with E-state index in [1.807, 2.05) is 0 Å². The number of benzene rings is 1. The fourth-order valence-corrected chi connectivity index (χ4v) is 4.57. The van der Waals surface area contributed by atoms with Crippen LogP contribution < -0.4 is 5.32 Å². The van der Waals surface area contributed by atoms with Gasteiger partial charge in [-0.15, -0.1) is 10.2 Å². The predicted octanol–water partition coefficient (Wildman–Crippen LogP) is 3.14. The topological polar surface area (TPSA) is 103 Å². The van der Waals surface area contributed by atoms with Gasteiger partial charge in [-0.25, -0.2) is 21.8 Å². The monoisotopic (exact) mass is 445 g/mol. The number of aryl methyl sites for hydroxylation is 1. The first-order chi connectivity index (χ1) is 14.8. The molecule has 0 fully saturated rings. The zero-order valence-electron chi connectivity index (χ0n) is 16.5. The maximum absolute atomic E-state index is 15.2. The summed E-state index contributed by atoms with van der Waals surface area (Å²) < 4.78 is 62.6. The number of nitrogens with zero attached hydrogens (tertiary/aromatic N) is 4. The lowest BCUT2D eigenvalue weighted by Crippen LogP contribution is -2.14. The Hall–Kier alpha value is -3.44. The van der Waals surface area contributed by atoms with Crippen molar-refractivity contribution in [3.63, 3.8) is 0 Å². The highest BCUT2D eigenvalue weighted by Gasteiger charge is 2.28. The lowest BCUT2D eigenvalue weighted by atomic mass is 10.2. The molecule has 0 amide bonds. The third kappa shape index (κ3) is 3.73. The van der Waals surface area contributed by atoms with Crippen molar-refractivity contribution >= 4 is 10.0 Å². The van der Waals surface area contributed by atoms with Gasteiger partial charge in [-0.05, 0) is 37.4 Å². The van der Waals surface area contributed by atoms with Gasteiger partial charge in [-0.1, -0.05) is 6.07 Å². The first kappa shape index (κ1) is 20.8. The van der Waals surface area contributed by atoms with Crippen LogP contribution in [0, 0.1) is 18.7 Å². The second kappa shape index (κ2) is 8.00. The summed E-state index contributed by atoms with van der Waals surface area (Å²) in [4.78, 5) is 3.36. The van der Waals surface area contributed by atoms with Gasteiger partial charge < -0.3 is 9.73 Å². The summed E-state index contributed by atoms with van der Waals surface area (Å²) in [6.45, 7) is 1.66. The van der Waals surface area contributed by atoms with Gasteiger partial charge in [0.1, 0.15) is 5.69 Å². The highest BCUT2D eigenvalue weighted by atomic mass is 32.2. The summed E-state index contributed by atoms with van der Waals surface area (Å²) >= 11 is 0. The minimum Gasteiger partial charge on any atom is -0.421 e. The van der Waals surface area contributed by atoms with Crippen LogP contribution in [0.25, 0.3) is 22.7 Å². The minimum atomic E-state index is -4.31. The molecule has 0 bridgehead atoms. The van der Waals surface area contributed by atoms with Crippen LogP contribution in [0.4, 0.5) is 8.78 Å². The molecule has 0 aliphatic rings. The van der Waals surface area contributed by atoms with E-state index in [0.29, 0.717) is 11.5 Å². The quantitative estimate of drug-likeness (QED) is 0.455. The van der Waals surface area contributed by atoms with E-state index in [1.54, 1.807) is 20.0 Å². The zero-order valence-corrected chi connectivity index (χ0v) is 17.3. The number of hydrogen-bond donors (Lipinski definition) is 1. The molecule has 3 heterocycles. The fraction of sp³-hybridized carbons (Fsp3) is 0.150. The molecule has 11 heteroatoms. The Balaban J connectivity index is 1.91. The van der Waals surface area contributed by atoms with Crippen molar-refractivity contribution in [3.05, 3.63) is 72.0 Å². The van der Waals surface area contributed by atoms with Gasteiger partial charge >= 0.3 is 0 Å². The first-order valence-corrected chi connectivity index (χ1v) is 10.6. The molecule has 0 spiro atoms. The summed E-state index contributed by atoms with van der Waals surface area (Å²) in [6.07, 6.45) is 2.33. The summed E-state index contributed by atoms with van der Waals surface area (Å²) in [5, 5.41) is 10.4. The number of rotatable bonds is 6. The molecule has 0 aliphatic carbocycles. The molecule has 0 radical (unpaired) electrons. The second-order valence-corrected chi connectivity index (χ2v) is 8.46. The van der Waals surface area contributed by atoms with Crippen LogP contribution in [0.5, 0.6) is 0 Å². The molecule has 8 nitrogen and oxygen atoms in total. The van der Waals surface area contributed by atoms with Crippen LogP contribution >= 0.6 is 0 Å². The van der Waals surface area contributed by atoms with Crippen molar-refractivity contribution in [3.8, 4) is 22.7 Å². The van der Waals surface area contributed by atoms with Crippen molar-refractivity contribution in [2.24, 2.45) is 0 Å². The molecule has 0 atom stereocenters. The molecule has 0 saturated carbocycles. The molecule has 3 aromatic heterocycles. The standard InChI is InChI=1S/C20H17F2N5O3S/c1-12-25-26-20(30-12)13-5-3-6-15(9-13)31(28,29)27-11-14(10-23-2)17(21)18(27)16-7-4-8-24-19(16)22/h3-9,11,23H,10H2,1-2H3. The Bertz CT molecular complexity index is 1360. The number of pyridine rings is 1. The number of aromatic nitrogens is 4. The van der Waals surface area contributed by atoms with Gasteiger partial charge in [0.15, 0.2) is 5.82 Å². The van der Waals surface area contributed by atoms with Crippen LogP contribution in [0.1, 0.15) is 11.5 Å². The van der Waals surface area contributed by atoms with Gasteiger partial charge in [0.05, 0.1) is 10.5 Å². The van der Waals surface area contributed by atoms with E-state index >= 15 is 4.39 Å². The summed E-state index contributed by atoms with van der Waals surface area (Å²) in [5.41, 5.74) is -0.267. The highest BCUT2D eigenvalue weighted by molar-refractivity contribution is 7.90. The Morgan fingerprint density at radius 3 is 2.65 bits per heavy atom. The number of nitrogens with one attached hydrogen (secondary N) is 1. The molecule has 1 aromatic carbocycles. The molecule has 1 N–H and O–H groups in total. The van der Waals surface area contributed by atoms with Crippen LogP contribution in [0.15, 0.2) is 58.1 Å². The molecular weight excluding hydrogens is 428 g/mol. The summed E-state index contributed by atoms with van der Waals surface area (Å²) in [5.74, 6) is -1.38. The molecule has 31 heavy (non-hydrogen) atoms. The average molecular weight is 445 g/mol. The van der Waals surface area contributed by atoms with Crippen molar-refractivity contribution < 1.29 is 21.6 Å². The maximum Gasteiger partial charge on any atom is 0.268 e. The van der Waals surface area contributed by atoms with Crippen LogP contribution in [0.3, 0.4) is 0 Å². The van der Waals surface area contributed by atoms with Gasteiger partial charge in [-0.3, -0.25) is 0 Å². The summed E-state index contributed by atoms with van der Waals surface area (Å²) in [7, 11) is -2.72. The SMILES string of the molecule is CNCc1cn(S(=O)(=O)c2cccc(-c3nnc(C)o3)c2)c(-c2cccnc2F)c1F. The summed E-state index contributed by atoms with van der Waals surface area (Å²) in [6, 6.07) is 8.46. The van der Waals surface area contributed by atoms with Crippen molar-refractivity contribution in [1.82, 2.24) is 24.5 Å². The Kier molecular flexibility index (Phi) is 5.38. The zero-order chi connectivity index (χ0) is 22.2. The van der Waals surface area contributed by atoms with Crippen LogP contribution in [-0.4, -0.2) is 34.6 Å². The van der Waals surface area contributed by atoms with E-state index in [9.17, 15) is 12.8 Å². The van der Waals surface area contributed by atoms with Crippen LogP contribution in [0.2, 0.25) is 0 Å². The molecule has 4 aromatic rings. The normalized spacial score (nSPS) is 11.7. The second-order valence-electron chi connectivity index (χ2n) is 6.64. The maximum atomic E-state index is 15.2. The van der Waals surface area contributed by atoms with E-state index < -0.39 is 27.5 Å². The lowest BCUT2D eigenvalue weighted by molar-refractivity contribution is 0.532. The molecule has 0 unspecified atom stereocenters. The van der Waals surface area contributed by atoms with E-state index in [4.69, 9.17) is 4.42 Å². The van der Waals surface area contributed by atoms with Gasteiger partial charge in [0.25, 0.3) is 10.0 Å². The Morgan fingerprint density at radius 2 is 1.97 bits per heavy atom. The van der Waals surface area contributed by atoms with Gasteiger partial charge in [0.2, 0.25) is 17.7 Å². The third-order valence-electron chi connectivity index (χ3n) is 4.53. The first-order valence-electron chi connectivity index (χ1n) is 9.14. The largest absolute Gasteiger partial charge is 0.421 e. The molecule has 160 valence electrons. The lowest BCUT2D eigenvalue weighted by Gasteiger charge is -2.11. The van der Waals surface area contributed by atoms with Gasteiger partial charge in [0, 0.05) is 37.0 Å². The molecule has 0 aliphatic heterocycles. The van der Waals surface area contributed by atoms with Crippen LogP contribution in [-0.2, 0) is 16.6 Å². The fourth-order valence-electron chi connectivity index (χ4n) is 3.13. The van der Waals surface area contributed by atoms with E-state index in [-0.39, 0.29) is 28.5 Å². The minimum absolute atomic E-state index is 0.0462.